The molecule has 15 heteroatoms. The van der Waals surface area contributed by atoms with Gasteiger partial charge in [-0.05, 0) is 29.7 Å². The van der Waals surface area contributed by atoms with Crippen LogP contribution in [0.3, 0.4) is 0 Å². The molecular formula is C30H36N6O8S. The molecule has 0 bridgehead atoms. The van der Waals surface area contributed by atoms with Crippen molar-refractivity contribution in [2.75, 3.05) is 70.3 Å². The maximum atomic E-state index is 13.6. The Kier molecular flexibility index (Phi) is 11.2. The lowest BCUT2D eigenvalue weighted by molar-refractivity contribution is 0.122. The monoisotopic (exact) mass is 640 g/mol. The van der Waals surface area contributed by atoms with Crippen LogP contribution in [0.5, 0.6) is 23.1 Å². The molecule has 0 radical (unpaired) electrons. The molecule has 2 aromatic heterocycles. The molecule has 3 aromatic rings. The van der Waals surface area contributed by atoms with E-state index in [1.165, 1.54) is 24.3 Å². The number of anilines is 2. The SMILES string of the molecule is COc1ccccc1Oc1c(NS(=O)(=O)c2ccc(C(C)C)cn2)nc(N2CCOCC2)nc1OCC#CCOC(=O)N(C)C. The standard InChI is InChI=1S/C30H36N6O8S/c1-21(2)22-12-13-25(31-20-22)45(38,39)34-27-26(44-24-11-7-6-10-23(24)40-5)28(33-29(32-27)36-14-18-41-19-15-36)42-16-8-9-17-43-30(37)35(3)4/h6-7,10-13,20-21H,14-19H2,1-5H3,(H,32,33,34). The summed E-state index contributed by atoms with van der Waals surface area (Å²) in [7, 11) is 0.361. The number of pyridine rings is 1. The van der Waals surface area contributed by atoms with Crippen LogP contribution in [-0.4, -0.2) is 95.1 Å². The molecule has 1 aliphatic heterocycles. The van der Waals surface area contributed by atoms with E-state index in [0.717, 1.165) is 5.56 Å². The van der Waals surface area contributed by atoms with Gasteiger partial charge in [0, 0.05) is 33.4 Å². The number of para-hydroxylation sites is 2. The second-order valence-electron chi connectivity index (χ2n) is 10.1. The van der Waals surface area contributed by atoms with E-state index in [1.54, 1.807) is 44.4 Å². The van der Waals surface area contributed by atoms with Crippen molar-refractivity contribution in [3.63, 3.8) is 0 Å². The van der Waals surface area contributed by atoms with Crippen LogP contribution in [-0.2, 0) is 19.5 Å². The minimum absolute atomic E-state index is 0.0854. The van der Waals surface area contributed by atoms with E-state index in [4.69, 9.17) is 23.7 Å². The van der Waals surface area contributed by atoms with Gasteiger partial charge in [0.15, 0.2) is 35.6 Å². The lowest BCUT2D eigenvalue weighted by atomic mass is 10.1. The maximum absolute atomic E-state index is 13.6. The summed E-state index contributed by atoms with van der Waals surface area (Å²) >= 11 is 0. The molecule has 1 aliphatic rings. The van der Waals surface area contributed by atoms with E-state index in [1.807, 2.05) is 18.7 Å². The Morgan fingerprint density at radius 3 is 2.42 bits per heavy atom. The largest absolute Gasteiger partial charge is 0.493 e. The van der Waals surface area contributed by atoms with Crippen LogP contribution >= 0.6 is 0 Å². The number of benzene rings is 1. The Labute approximate surface area is 262 Å². The number of nitrogens with one attached hydrogen (secondary N) is 1. The van der Waals surface area contributed by atoms with Gasteiger partial charge < -0.3 is 33.5 Å². The van der Waals surface area contributed by atoms with Gasteiger partial charge in [-0.1, -0.05) is 43.9 Å². The fourth-order valence-corrected chi connectivity index (χ4v) is 4.84. The molecular weight excluding hydrogens is 604 g/mol. The smallest absolute Gasteiger partial charge is 0.410 e. The first-order valence-electron chi connectivity index (χ1n) is 14.1. The fraction of sp³-hybridized carbons (Fsp3) is 0.400. The summed E-state index contributed by atoms with van der Waals surface area (Å²) in [5, 5.41) is -0.206. The van der Waals surface area contributed by atoms with Crippen LogP contribution in [0.4, 0.5) is 16.6 Å². The normalized spacial score (nSPS) is 13.0. The predicted octanol–water partition coefficient (Wildman–Crippen LogP) is 3.51. The molecule has 0 aliphatic carbocycles. The summed E-state index contributed by atoms with van der Waals surface area (Å²) in [5.74, 6) is 6.06. The van der Waals surface area contributed by atoms with Gasteiger partial charge in [0.2, 0.25) is 11.7 Å². The first kappa shape index (κ1) is 33.1. The van der Waals surface area contributed by atoms with Gasteiger partial charge in [-0.25, -0.2) is 9.78 Å². The zero-order valence-corrected chi connectivity index (χ0v) is 26.6. The number of nitrogens with zero attached hydrogens (tertiary/aromatic N) is 5. The van der Waals surface area contributed by atoms with Crippen molar-refractivity contribution >= 4 is 27.9 Å². The van der Waals surface area contributed by atoms with E-state index in [2.05, 4.69) is 31.5 Å². The molecule has 0 spiro atoms. The molecule has 0 saturated carbocycles. The third-order valence-corrected chi connectivity index (χ3v) is 7.62. The molecule has 1 amide bonds. The molecule has 1 aromatic carbocycles. The number of hydrogen-bond donors (Lipinski definition) is 1. The average molecular weight is 641 g/mol. The number of carbonyl (C=O) groups is 1. The number of morpholine rings is 1. The molecule has 1 N–H and O–H groups in total. The summed E-state index contributed by atoms with van der Waals surface area (Å²) in [5.41, 5.74) is 0.888. The van der Waals surface area contributed by atoms with Crippen molar-refractivity contribution in [3.05, 3.63) is 48.2 Å². The molecule has 45 heavy (non-hydrogen) atoms. The van der Waals surface area contributed by atoms with Crippen molar-refractivity contribution in [2.45, 2.75) is 24.8 Å². The van der Waals surface area contributed by atoms with Crippen LogP contribution < -0.4 is 23.8 Å². The van der Waals surface area contributed by atoms with Crippen LogP contribution in [0.2, 0.25) is 0 Å². The molecule has 0 atom stereocenters. The molecule has 4 rings (SSSR count). The number of sulfonamides is 1. The first-order valence-corrected chi connectivity index (χ1v) is 15.5. The summed E-state index contributed by atoms with van der Waals surface area (Å²) in [6, 6.07) is 9.95. The van der Waals surface area contributed by atoms with Gasteiger partial charge in [0.05, 0.1) is 20.3 Å². The van der Waals surface area contributed by atoms with Crippen molar-refractivity contribution < 1.29 is 36.9 Å². The van der Waals surface area contributed by atoms with Crippen molar-refractivity contribution in [2.24, 2.45) is 0 Å². The number of hydrogen-bond acceptors (Lipinski definition) is 12. The third kappa shape index (κ3) is 8.87. The van der Waals surface area contributed by atoms with E-state index >= 15 is 0 Å². The van der Waals surface area contributed by atoms with Crippen LogP contribution in [0.25, 0.3) is 0 Å². The molecule has 14 nitrogen and oxygen atoms in total. The van der Waals surface area contributed by atoms with Gasteiger partial charge in [0.1, 0.15) is 0 Å². The van der Waals surface area contributed by atoms with Crippen LogP contribution in [0, 0.1) is 11.8 Å². The zero-order chi connectivity index (χ0) is 32.4. The first-order chi connectivity index (χ1) is 21.6. The minimum atomic E-state index is -4.24. The second-order valence-corrected chi connectivity index (χ2v) is 11.8. The number of rotatable bonds is 11. The molecule has 0 unspecified atom stereocenters. The van der Waals surface area contributed by atoms with Gasteiger partial charge in [-0.2, -0.15) is 18.4 Å². The highest BCUT2D eigenvalue weighted by atomic mass is 32.2. The minimum Gasteiger partial charge on any atom is -0.493 e. The topological polar surface area (TPSA) is 155 Å². The number of methoxy groups -OCH3 is 1. The Morgan fingerprint density at radius 1 is 1.07 bits per heavy atom. The zero-order valence-electron chi connectivity index (χ0n) is 25.8. The number of carbonyl (C=O) groups excluding carboxylic acids is 1. The van der Waals surface area contributed by atoms with Crippen molar-refractivity contribution in [3.8, 4) is 35.0 Å². The summed E-state index contributed by atoms with van der Waals surface area (Å²) < 4.78 is 57.7. The highest BCUT2D eigenvalue weighted by molar-refractivity contribution is 7.92. The molecule has 1 saturated heterocycles. The molecule has 3 heterocycles. The van der Waals surface area contributed by atoms with Crippen LogP contribution in [0.1, 0.15) is 25.3 Å². The molecule has 240 valence electrons. The number of ether oxygens (including phenoxy) is 5. The van der Waals surface area contributed by atoms with Crippen LogP contribution in [0.15, 0.2) is 47.6 Å². The highest BCUT2D eigenvalue weighted by Crippen LogP contribution is 2.41. The van der Waals surface area contributed by atoms with Crippen molar-refractivity contribution in [1.29, 1.82) is 0 Å². The predicted molar refractivity (Wildman–Crippen MR) is 166 cm³/mol. The number of aromatic nitrogens is 3. The third-order valence-electron chi connectivity index (χ3n) is 6.37. The Hall–Kier alpha value is -4.81. The second kappa shape index (κ2) is 15.3. The Morgan fingerprint density at radius 2 is 1.78 bits per heavy atom. The summed E-state index contributed by atoms with van der Waals surface area (Å²) in [6.45, 7) is 5.43. The molecule has 1 fully saturated rings. The van der Waals surface area contributed by atoms with E-state index < -0.39 is 16.1 Å². The maximum Gasteiger partial charge on any atom is 0.410 e. The van der Waals surface area contributed by atoms with E-state index in [0.29, 0.717) is 32.1 Å². The Balaban J connectivity index is 1.75. The highest BCUT2D eigenvalue weighted by Gasteiger charge is 2.27. The van der Waals surface area contributed by atoms with Gasteiger partial charge in [0.25, 0.3) is 15.9 Å². The van der Waals surface area contributed by atoms with E-state index in [9.17, 15) is 13.2 Å². The van der Waals surface area contributed by atoms with E-state index in [-0.39, 0.29) is 53.3 Å². The van der Waals surface area contributed by atoms with Gasteiger partial charge >= 0.3 is 6.09 Å². The average Bonchev–Trinajstić information content (AvgIpc) is 3.04. The lowest BCUT2D eigenvalue weighted by Gasteiger charge is -2.28. The van der Waals surface area contributed by atoms with Gasteiger partial charge in [-0.15, -0.1) is 0 Å². The number of amides is 1. The lowest BCUT2D eigenvalue weighted by Crippen LogP contribution is -2.37. The fourth-order valence-electron chi connectivity index (χ4n) is 3.90. The summed E-state index contributed by atoms with van der Waals surface area (Å²) in [6.07, 6.45) is 0.988. The summed E-state index contributed by atoms with van der Waals surface area (Å²) in [4.78, 5) is 28.1. The van der Waals surface area contributed by atoms with Gasteiger partial charge in [-0.3, -0.25) is 4.72 Å². The quantitative estimate of drug-likeness (QED) is 0.305. The Bertz CT molecular complexity index is 1630. The van der Waals surface area contributed by atoms with Crippen molar-refractivity contribution in [1.82, 2.24) is 19.9 Å².